The molecule has 0 radical (unpaired) electrons. The normalized spacial score (nSPS) is 31.6. The van der Waals surface area contributed by atoms with E-state index in [9.17, 15) is 10.2 Å². The Bertz CT molecular complexity index is 189. The molecule has 1 unspecified atom stereocenters. The molecule has 0 saturated heterocycles. The van der Waals surface area contributed by atoms with Crippen molar-refractivity contribution in [3.05, 3.63) is 11.6 Å². The molecule has 0 aromatic carbocycles. The second-order valence-electron chi connectivity index (χ2n) is 4.29. The Kier molecular flexibility index (Phi) is 2.59. The zero-order chi connectivity index (χ0) is 9.35. The van der Waals surface area contributed by atoms with Crippen molar-refractivity contribution in [2.75, 3.05) is 0 Å². The summed E-state index contributed by atoms with van der Waals surface area (Å²) in [6.07, 6.45) is 3.24. The van der Waals surface area contributed by atoms with E-state index in [1.165, 1.54) is 0 Å². The maximum Gasteiger partial charge on any atom is 0.0751 e. The Hall–Kier alpha value is -0.340. The van der Waals surface area contributed by atoms with Gasteiger partial charge >= 0.3 is 0 Å². The summed E-state index contributed by atoms with van der Waals surface area (Å²) in [5, 5.41) is 19.2. The van der Waals surface area contributed by atoms with Crippen molar-refractivity contribution < 1.29 is 10.2 Å². The third kappa shape index (κ3) is 2.08. The van der Waals surface area contributed by atoms with Gasteiger partial charge in [0.2, 0.25) is 0 Å². The highest BCUT2D eigenvalue weighted by atomic mass is 16.3. The van der Waals surface area contributed by atoms with Crippen LogP contribution in [-0.2, 0) is 0 Å². The molecular weight excluding hydrogens is 152 g/mol. The van der Waals surface area contributed by atoms with Gasteiger partial charge in [-0.1, -0.05) is 6.08 Å². The van der Waals surface area contributed by atoms with Crippen molar-refractivity contribution in [3.63, 3.8) is 0 Å². The summed E-state index contributed by atoms with van der Waals surface area (Å²) in [5.41, 5.74) is 0.369. The molecule has 0 saturated carbocycles. The first-order chi connectivity index (χ1) is 5.41. The topological polar surface area (TPSA) is 40.5 Å². The summed E-state index contributed by atoms with van der Waals surface area (Å²) in [5.74, 6) is 0.191. The fraction of sp³-hybridized carbons (Fsp3) is 0.800. The lowest BCUT2D eigenvalue weighted by molar-refractivity contribution is -0.00548. The lowest BCUT2D eigenvalue weighted by Crippen LogP contribution is -2.35. The number of aliphatic hydroxyl groups is 2. The molecule has 1 aliphatic carbocycles. The summed E-state index contributed by atoms with van der Waals surface area (Å²) < 4.78 is 0. The minimum absolute atomic E-state index is 0.191. The van der Waals surface area contributed by atoms with E-state index in [1.807, 2.05) is 13.0 Å². The van der Waals surface area contributed by atoms with Gasteiger partial charge in [-0.2, -0.15) is 0 Å². The van der Waals surface area contributed by atoms with E-state index in [1.54, 1.807) is 13.8 Å². The third-order valence-corrected chi connectivity index (χ3v) is 2.76. The molecule has 0 spiro atoms. The van der Waals surface area contributed by atoms with Gasteiger partial charge in [0.05, 0.1) is 11.7 Å². The van der Waals surface area contributed by atoms with Crippen LogP contribution in [0.3, 0.4) is 0 Å². The Morgan fingerprint density at radius 3 is 2.50 bits per heavy atom. The summed E-state index contributed by atoms with van der Waals surface area (Å²) in [6.45, 7) is 5.54. The van der Waals surface area contributed by atoms with E-state index < -0.39 is 5.60 Å². The van der Waals surface area contributed by atoms with Gasteiger partial charge in [-0.05, 0) is 45.1 Å². The van der Waals surface area contributed by atoms with Gasteiger partial charge in [0, 0.05) is 0 Å². The monoisotopic (exact) mass is 170 g/mol. The van der Waals surface area contributed by atoms with Crippen LogP contribution in [0.25, 0.3) is 0 Å². The number of allylic oxidation sites excluding steroid dienone is 1. The Morgan fingerprint density at radius 2 is 2.08 bits per heavy atom. The van der Waals surface area contributed by atoms with Crippen LogP contribution in [0.1, 0.15) is 33.6 Å². The molecule has 2 N–H and O–H groups in total. The lowest BCUT2D eigenvalue weighted by atomic mass is 9.78. The molecule has 0 fully saturated rings. The van der Waals surface area contributed by atoms with E-state index in [4.69, 9.17) is 0 Å². The summed E-state index contributed by atoms with van der Waals surface area (Å²) >= 11 is 0. The van der Waals surface area contributed by atoms with Crippen LogP contribution in [0, 0.1) is 5.92 Å². The second kappa shape index (κ2) is 3.19. The quantitative estimate of drug-likeness (QED) is 0.585. The zero-order valence-corrected chi connectivity index (χ0v) is 8.04. The van der Waals surface area contributed by atoms with Crippen LogP contribution >= 0.6 is 0 Å². The molecule has 0 aliphatic heterocycles. The van der Waals surface area contributed by atoms with Crippen LogP contribution in [0.5, 0.6) is 0 Å². The van der Waals surface area contributed by atoms with E-state index in [-0.39, 0.29) is 12.0 Å². The van der Waals surface area contributed by atoms with Crippen LogP contribution in [0.15, 0.2) is 11.6 Å². The highest BCUT2D eigenvalue weighted by Crippen LogP contribution is 2.31. The van der Waals surface area contributed by atoms with E-state index in [2.05, 4.69) is 0 Å². The number of hydrogen-bond donors (Lipinski definition) is 2. The molecule has 2 atom stereocenters. The SMILES string of the molecule is CC1=CCC(C(C)(C)O)C[C@H]1O. The van der Waals surface area contributed by atoms with E-state index >= 15 is 0 Å². The van der Waals surface area contributed by atoms with Gasteiger partial charge in [-0.25, -0.2) is 0 Å². The molecule has 0 aromatic heterocycles. The molecule has 2 heteroatoms. The van der Waals surface area contributed by atoms with Crippen LogP contribution < -0.4 is 0 Å². The minimum atomic E-state index is -0.668. The molecule has 1 aliphatic rings. The lowest BCUT2D eigenvalue weighted by Gasteiger charge is -2.33. The molecule has 0 heterocycles. The predicted molar refractivity (Wildman–Crippen MR) is 48.8 cm³/mol. The molecule has 0 aromatic rings. The van der Waals surface area contributed by atoms with Crippen LogP contribution in [-0.4, -0.2) is 21.9 Å². The standard InChI is InChI=1S/C10H18O2/c1-7-4-5-8(6-9(7)11)10(2,3)12/h4,8-9,11-12H,5-6H2,1-3H3/t8?,9-/m1/s1. The largest absolute Gasteiger partial charge is 0.390 e. The molecule has 12 heavy (non-hydrogen) atoms. The first kappa shape index (κ1) is 9.75. The van der Waals surface area contributed by atoms with E-state index in [0.717, 1.165) is 12.0 Å². The Balaban J connectivity index is 2.65. The fourth-order valence-corrected chi connectivity index (χ4v) is 1.59. The fourth-order valence-electron chi connectivity index (χ4n) is 1.59. The Labute approximate surface area is 73.9 Å². The zero-order valence-electron chi connectivity index (χ0n) is 8.04. The average Bonchev–Trinajstić information content (AvgIpc) is 1.92. The van der Waals surface area contributed by atoms with Crippen molar-refractivity contribution >= 4 is 0 Å². The molecule has 2 nitrogen and oxygen atoms in total. The number of rotatable bonds is 1. The maximum atomic E-state index is 9.71. The molecule has 0 amide bonds. The Morgan fingerprint density at radius 1 is 1.50 bits per heavy atom. The van der Waals surface area contributed by atoms with Crippen molar-refractivity contribution in [1.82, 2.24) is 0 Å². The minimum Gasteiger partial charge on any atom is -0.390 e. The summed E-state index contributed by atoms with van der Waals surface area (Å²) in [7, 11) is 0. The molecular formula is C10H18O2. The summed E-state index contributed by atoms with van der Waals surface area (Å²) in [4.78, 5) is 0. The third-order valence-electron chi connectivity index (χ3n) is 2.76. The van der Waals surface area contributed by atoms with Crippen molar-refractivity contribution in [2.24, 2.45) is 5.92 Å². The second-order valence-corrected chi connectivity index (χ2v) is 4.29. The molecule has 0 bridgehead atoms. The highest BCUT2D eigenvalue weighted by Gasteiger charge is 2.30. The van der Waals surface area contributed by atoms with Crippen molar-refractivity contribution in [3.8, 4) is 0 Å². The van der Waals surface area contributed by atoms with Gasteiger partial charge in [0.25, 0.3) is 0 Å². The molecule has 70 valence electrons. The van der Waals surface area contributed by atoms with Crippen LogP contribution in [0.2, 0.25) is 0 Å². The first-order valence-corrected chi connectivity index (χ1v) is 4.48. The first-order valence-electron chi connectivity index (χ1n) is 4.48. The van der Waals surface area contributed by atoms with Gasteiger partial charge in [-0.3, -0.25) is 0 Å². The van der Waals surface area contributed by atoms with E-state index in [0.29, 0.717) is 6.42 Å². The predicted octanol–water partition coefficient (Wildman–Crippen LogP) is 1.47. The van der Waals surface area contributed by atoms with Gasteiger partial charge in [0.15, 0.2) is 0 Å². The van der Waals surface area contributed by atoms with Crippen LogP contribution in [0.4, 0.5) is 0 Å². The number of aliphatic hydroxyl groups excluding tert-OH is 1. The van der Waals surface area contributed by atoms with Crippen molar-refractivity contribution in [2.45, 2.75) is 45.3 Å². The van der Waals surface area contributed by atoms with Gasteiger partial charge in [0.1, 0.15) is 0 Å². The summed E-state index contributed by atoms with van der Waals surface area (Å²) in [6, 6.07) is 0. The average molecular weight is 170 g/mol. The smallest absolute Gasteiger partial charge is 0.0751 e. The van der Waals surface area contributed by atoms with Crippen molar-refractivity contribution in [1.29, 1.82) is 0 Å². The van der Waals surface area contributed by atoms with Gasteiger partial charge < -0.3 is 10.2 Å². The number of hydrogen-bond acceptors (Lipinski definition) is 2. The maximum absolute atomic E-state index is 9.71. The highest BCUT2D eigenvalue weighted by molar-refractivity contribution is 5.10. The van der Waals surface area contributed by atoms with Gasteiger partial charge in [-0.15, -0.1) is 0 Å². The molecule has 1 rings (SSSR count).